The van der Waals surface area contributed by atoms with Crippen molar-refractivity contribution in [1.29, 1.82) is 0 Å². The maximum absolute atomic E-state index is 12.5. The van der Waals surface area contributed by atoms with Crippen molar-refractivity contribution in [2.45, 2.75) is 51.6 Å². The van der Waals surface area contributed by atoms with Crippen LogP contribution in [-0.2, 0) is 22.4 Å². The first kappa shape index (κ1) is 24.9. The molecule has 9 heteroatoms. The van der Waals surface area contributed by atoms with E-state index in [1.165, 1.54) is 35.6 Å². The molecule has 0 atom stereocenters. The largest absolute Gasteiger partial charge is 0.356 e. The van der Waals surface area contributed by atoms with Crippen molar-refractivity contribution in [1.82, 2.24) is 20.3 Å². The molecule has 0 saturated heterocycles. The Morgan fingerprint density at radius 3 is 2.36 bits per heavy atom. The van der Waals surface area contributed by atoms with Crippen molar-refractivity contribution >= 4 is 40.0 Å². The number of thioether (sulfide) groups is 1. The van der Waals surface area contributed by atoms with Crippen LogP contribution in [-0.4, -0.2) is 39.6 Å². The normalized spacial score (nSPS) is 10.8. The van der Waals surface area contributed by atoms with Crippen LogP contribution < -0.4 is 10.6 Å². The zero-order valence-corrected chi connectivity index (χ0v) is 21.0. The van der Waals surface area contributed by atoms with Crippen LogP contribution in [0.1, 0.15) is 42.3 Å². The molecule has 0 fully saturated rings. The molecule has 2 amide bonds. The molecule has 0 unspecified atom stereocenters. The SMILES string of the molecule is CSc1nc(C)c(CCC(=O)Nc2nc(-c3ccc(CCCNC(C)=O)cc3)cs2)c(C)n1. The van der Waals surface area contributed by atoms with E-state index in [0.29, 0.717) is 24.5 Å². The maximum atomic E-state index is 12.5. The molecule has 0 radical (unpaired) electrons. The van der Waals surface area contributed by atoms with Crippen LogP contribution in [0.25, 0.3) is 11.3 Å². The molecular formula is C24H29N5O2S2. The Labute approximate surface area is 202 Å². The van der Waals surface area contributed by atoms with E-state index in [1.54, 1.807) is 0 Å². The maximum Gasteiger partial charge on any atom is 0.226 e. The minimum atomic E-state index is -0.0711. The number of carbonyl (C=O) groups is 2. The number of hydrogen-bond donors (Lipinski definition) is 2. The average molecular weight is 484 g/mol. The number of benzene rings is 1. The molecule has 2 heterocycles. The molecule has 2 aromatic heterocycles. The van der Waals surface area contributed by atoms with Gasteiger partial charge in [0.15, 0.2) is 10.3 Å². The van der Waals surface area contributed by atoms with E-state index in [4.69, 9.17) is 0 Å². The molecule has 0 aliphatic heterocycles. The number of rotatable bonds is 10. The van der Waals surface area contributed by atoms with Gasteiger partial charge in [-0.15, -0.1) is 11.3 Å². The molecule has 0 aliphatic carbocycles. The lowest BCUT2D eigenvalue weighted by molar-refractivity contribution is -0.119. The molecule has 2 N–H and O–H groups in total. The second kappa shape index (κ2) is 11.9. The molecule has 174 valence electrons. The van der Waals surface area contributed by atoms with Crippen LogP contribution in [0.3, 0.4) is 0 Å². The molecule has 7 nitrogen and oxygen atoms in total. The number of aromatic nitrogens is 3. The third-order valence-electron chi connectivity index (χ3n) is 5.20. The molecule has 0 aliphatic rings. The van der Waals surface area contributed by atoms with Crippen molar-refractivity contribution in [3.05, 3.63) is 52.2 Å². The van der Waals surface area contributed by atoms with Gasteiger partial charge in [0.05, 0.1) is 5.69 Å². The molecular weight excluding hydrogens is 454 g/mol. The van der Waals surface area contributed by atoms with Crippen molar-refractivity contribution in [3.63, 3.8) is 0 Å². The monoisotopic (exact) mass is 483 g/mol. The molecule has 0 saturated carbocycles. The van der Waals surface area contributed by atoms with Gasteiger partial charge in [-0.2, -0.15) is 0 Å². The van der Waals surface area contributed by atoms with Gasteiger partial charge in [-0.05, 0) is 50.5 Å². The minimum absolute atomic E-state index is 0.000772. The summed E-state index contributed by atoms with van der Waals surface area (Å²) >= 11 is 2.93. The van der Waals surface area contributed by atoms with Crippen molar-refractivity contribution in [2.75, 3.05) is 18.1 Å². The third kappa shape index (κ3) is 7.36. The first-order valence-corrected chi connectivity index (χ1v) is 12.9. The number of amides is 2. The highest BCUT2D eigenvalue weighted by molar-refractivity contribution is 7.98. The second-order valence-electron chi connectivity index (χ2n) is 7.73. The van der Waals surface area contributed by atoms with E-state index in [-0.39, 0.29) is 11.8 Å². The fraction of sp³-hybridized carbons (Fsp3) is 0.375. The topological polar surface area (TPSA) is 96.9 Å². The number of carbonyl (C=O) groups excluding carboxylic acids is 2. The number of hydrogen-bond acceptors (Lipinski definition) is 7. The summed E-state index contributed by atoms with van der Waals surface area (Å²) in [5.74, 6) is -0.0704. The number of nitrogens with one attached hydrogen (secondary N) is 2. The van der Waals surface area contributed by atoms with Crippen LogP contribution in [0.4, 0.5) is 5.13 Å². The minimum Gasteiger partial charge on any atom is -0.356 e. The lowest BCUT2D eigenvalue weighted by Crippen LogP contribution is -2.21. The van der Waals surface area contributed by atoms with Gasteiger partial charge in [0.2, 0.25) is 11.8 Å². The Bertz CT molecular complexity index is 1090. The summed E-state index contributed by atoms with van der Waals surface area (Å²) in [5.41, 5.74) is 5.94. The lowest BCUT2D eigenvalue weighted by Gasteiger charge is -2.09. The fourth-order valence-corrected chi connectivity index (χ4v) is 4.64. The molecule has 3 aromatic rings. The van der Waals surface area contributed by atoms with Crippen molar-refractivity contribution in [3.8, 4) is 11.3 Å². The summed E-state index contributed by atoms with van der Waals surface area (Å²) < 4.78 is 0. The Balaban J connectivity index is 1.52. The van der Waals surface area contributed by atoms with E-state index >= 15 is 0 Å². The summed E-state index contributed by atoms with van der Waals surface area (Å²) in [7, 11) is 0. The summed E-state index contributed by atoms with van der Waals surface area (Å²) in [6.07, 6.45) is 4.71. The average Bonchev–Trinajstić information content (AvgIpc) is 3.24. The van der Waals surface area contributed by atoms with E-state index in [0.717, 1.165) is 46.2 Å². The van der Waals surface area contributed by atoms with Crippen molar-refractivity contribution < 1.29 is 9.59 Å². The predicted octanol–water partition coefficient (Wildman–Crippen LogP) is 4.58. The molecule has 0 bridgehead atoms. The highest BCUT2D eigenvalue weighted by atomic mass is 32.2. The van der Waals surface area contributed by atoms with Crippen molar-refractivity contribution in [2.24, 2.45) is 0 Å². The van der Waals surface area contributed by atoms with Gasteiger partial charge in [0.25, 0.3) is 0 Å². The number of aryl methyl sites for hydroxylation is 3. The third-order valence-corrected chi connectivity index (χ3v) is 6.51. The quantitative estimate of drug-likeness (QED) is 0.249. The van der Waals surface area contributed by atoms with Gasteiger partial charge in [0, 0.05) is 42.2 Å². The van der Waals surface area contributed by atoms with E-state index in [1.807, 2.05) is 37.6 Å². The fourth-order valence-electron chi connectivity index (χ4n) is 3.44. The standard InChI is InChI=1S/C24H29N5O2S2/c1-15-20(16(2)27-23(26-15)32-4)11-12-22(31)29-24-28-21(14-33-24)19-9-7-18(8-10-19)6-5-13-25-17(3)30/h7-10,14H,5-6,11-13H2,1-4H3,(H,25,30)(H,28,29,31). The van der Waals surface area contributed by atoms with Crippen LogP contribution >= 0.6 is 23.1 Å². The van der Waals surface area contributed by atoms with Gasteiger partial charge >= 0.3 is 0 Å². The highest BCUT2D eigenvalue weighted by Gasteiger charge is 2.12. The van der Waals surface area contributed by atoms with Crippen LogP contribution in [0.2, 0.25) is 0 Å². The van der Waals surface area contributed by atoms with Gasteiger partial charge in [-0.3, -0.25) is 9.59 Å². The Morgan fingerprint density at radius 1 is 1.03 bits per heavy atom. The van der Waals surface area contributed by atoms with Crippen LogP contribution in [0.15, 0.2) is 34.8 Å². The summed E-state index contributed by atoms with van der Waals surface area (Å²) in [4.78, 5) is 36.9. The Morgan fingerprint density at radius 2 is 1.73 bits per heavy atom. The van der Waals surface area contributed by atoms with Gasteiger partial charge in [-0.25, -0.2) is 15.0 Å². The summed E-state index contributed by atoms with van der Waals surface area (Å²) in [6.45, 7) is 6.13. The molecule has 1 aromatic carbocycles. The zero-order valence-electron chi connectivity index (χ0n) is 19.4. The smallest absolute Gasteiger partial charge is 0.226 e. The summed E-state index contributed by atoms with van der Waals surface area (Å²) in [6, 6.07) is 8.24. The Hall–Kier alpha value is -2.78. The van der Waals surface area contributed by atoms with Crippen LogP contribution in [0, 0.1) is 13.8 Å². The highest BCUT2D eigenvalue weighted by Crippen LogP contribution is 2.26. The van der Waals surface area contributed by atoms with Gasteiger partial charge < -0.3 is 10.6 Å². The lowest BCUT2D eigenvalue weighted by atomic mass is 10.1. The molecule has 33 heavy (non-hydrogen) atoms. The van der Waals surface area contributed by atoms with E-state index < -0.39 is 0 Å². The number of thiazole rings is 1. The number of nitrogens with zero attached hydrogens (tertiary/aromatic N) is 3. The predicted molar refractivity (Wildman–Crippen MR) is 135 cm³/mol. The Kier molecular flexibility index (Phi) is 8.96. The molecule has 0 spiro atoms. The second-order valence-corrected chi connectivity index (χ2v) is 9.36. The van der Waals surface area contributed by atoms with Gasteiger partial charge in [0.1, 0.15) is 0 Å². The van der Waals surface area contributed by atoms with Crippen LogP contribution in [0.5, 0.6) is 0 Å². The van der Waals surface area contributed by atoms with E-state index in [2.05, 4.69) is 37.7 Å². The number of anilines is 1. The molecule has 3 rings (SSSR count). The zero-order chi connectivity index (χ0) is 23.8. The van der Waals surface area contributed by atoms with E-state index in [9.17, 15) is 9.59 Å². The summed E-state index contributed by atoms with van der Waals surface area (Å²) in [5, 5.41) is 9.02. The first-order chi connectivity index (χ1) is 15.9. The van der Waals surface area contributed by atoms with Gasteiger partial charge in [-0.1, -0.05) is 36.0 Å². The first-order valence-electron chi connectivity index (χ1n) is 10.8.